The van der Waals surface area contributed by atoms with E-state index in [0.717, 1.165) is 49.7 Å². The van der Waals surface area contributed by atoms with Gasteiger partial charge in [-0.15, -0.1) is 0 Å². The van der Waals surface area contributed by atoms with Gasteiger partial charge in [-0.25, -0.2) is 4.98 Å². The number of fused-ring (bicyclic) bond motifs is 2. The highest BCUT2D eigenvalue weighted by molar-refractivity contribution is 6.09. The number of nitrogen functional groups attached to an aromatic ring is 1. The minimum absolute atomic E-state index is 0.789. The number of pyridine rings is 1. The van der Waals surface area contributed by atoms with Crippen molar-refractivity contribution in [2.45, 2.75) is 0 Å². The molecule has 2 heteroatoms. The molecular weight excluding hydrogens is 328 g/mol. The first-order chi connectivity index (χ1) is 13.3. The Hall–Kier alpha value is -3.65. The van der Waals surface area contributed by atoms with Crippen LogP contribution in [-0.4, -0.2) is 4.98 Å². The summed E-state index contributed by atoms with van der Waals surface area (Å²) < 4.78 is 0. The van der Waals surface area contributed by atoms with E-state index < -0.39 is 0 Å². The highest BCUT2D eigenvalue weighted by Crippen LogP contribution is 2.41. The Bertz CT molecular complexity index is 1260. The molecule has 0 fully saturated rings. The van der Waals surface area contributed by atoms with Gasteiger partial charge in [0.2, 0.25) is 0 Å². The van der Waals surface area contributed by atoms with Crippen LogP contribution in [0.2, 0.25) is 0 Å². The van der Waals surface area contributed by atoms with Gasteiger partial charge in [0.25, 0.3) is 0 Å². The molecule has 0 aliphatic carbocycles. The highest BCUT2D eigenvalue weighted by Gasteiger charge is 2.15. The van der Waals surface area contributed by atoms with Gasteiger partial charge in [0.05, 0.1) is 11.0 Å². The molecule has 0 unspecified atom stereocenters. The van der Waals surface area contributed by atoms with Crippen molar-refractivity contribution in [3.63, 3.8) is 0 Å². The molecule has 0 spiro atoms. The molecule has 4 aromatic carbocycles. The summed E-state index contributed by atoms with van der Waals surface area (Å²) in [5.41, 5.74) is 13.7. The van der Waals surface area contributed by atoms with Crippen LogP contribution in [0.25, 0.3) is 44.1 Å². The zero-order valence-electron chi connectivity index (χ0n) is 14.8. The van der Waals surface area contributed by atoms with E-state index in [1.54, 1.807) is 0 Å². The third kappa shape index (κ3) is 2.63. The Kier molecular flexibility index (Phi) is 3.61. The summed E-state index contributed by atoms with van der Waals surface area (Å²) >= 11 is 0. The zero-order chi connectivity index (χ0) is 18.2. The van der Waals surface area contributed by atoms with E-state index in [2.05, 4.69) is 48.5 Å². The van der Waals surface area contributed by atoms with Crippen molar-refractivity contribution in [3.8, 4) is 22.3 Å². The summed E-state index contributed by atoms with van der Waals surface area (Å²) in [4.78, 5) is 4.94. The summed E-state index contributed by atoms with van der Waals surface area (Å²) in [6, 6.07) is 33.1. The lowest BCUT2D eigenvalue weighted by Gasteiger charge is -2.16. The van der Waals surface area contributed by atoms with Gasteiger partial charge in [-0.05, 0) is 29.3 Å². The van der Waals surface area contributed by atoms with E-state index in [1.807, 2.05) is 48.5 Å². The van der Waals surface area contributed by atoms with Gasteiger partial charge in [-0.1, -0.05) is 78.9 Å². The molecule has 1 aromatic heterocycles. The van der Waals surface area contributed by atoms with Gasteiger partial charge >= 0.3 is 0 Å². The van der Waals surface area contributed by atoms with Crippen molar-refractivity contribution in [1.29, 1.82) is 0 Å². The molecule has 128 valence electrons. The molecule has 0 aliphatic rings. The van der Waals surface area contributed by atoms with Crippen molar-refractivity contribution in [2.75, 3.05) is 5.73 Å². The smallest absolute Gasteiger partial charge is 0.0723 e. The summed E-state index contributed by atoms with van der Waals surface area (Å²) in [5, 5.41) is 2.20. The molecule has 0 saturated carbocycles. The molecule has 1 heterocycles. The topological polar surface area (TPSA) is 38.9 Å². The molecule has 0 radical (unpaired) electrons. The molecule has 2 nitrogen and oxygen atoms in total. The first-order valence-corrected chi connectivity index (χ1v) is 9.04. The summed E-state index contributed by atoms with van der Waals surface area (Å²) in [5.74, 6) is 0. The lowest BCUT2D eigenvalue weighted by molar-refractivity contribution is 1.49. The molecule has 5 rings (SSSR count). The van der Waals surface area contributed by atoms with Crippen LogP contribution in [0.4, 0.5) is 5.69 Å². The highest BCUT2D eigenvalue weighted by atomic mass is 14.7. The van der Waals surface area contributed by atoms with E-state index in [-0.39, 0.29) is 0 Å². The maximum absolute atomic E-state index is 6.73. The van der Waals surface area contributed by atoms with Crippen molar-refractivity contribution in [1.82, 2.24) is 4.98 Å². The third-order valence-corrected chi connectivity index (χ3v) is 5.01. The predicted molar refractivity (Wildman–Crippen MR) is 115 cm³/mol. The van der Waals surface area contributed by atoms with Crippen LogP contribution in [0.3, 0.4) is 0 Å². The summed E-state index contributed by atoms with van der Waals surface area (Å²) in [7, 11) is 0. The standard InChI is InChI=1S/C25H18N2/c26-25-20(17-9-3-1-4-10-17)16-23-21(24(25)18-11-5-2-6-12-18)15-19-13-7-8-14-22(19)27-23/h1-16H,26H2. The SMILES string of the molecule is Nc1c(-c2ccccc2)cc2nc3ccccc3cc2c1-c1ccccc1. The van der Waals surface area contributed by atoms with Crippen LogP contribution < -0.4 is 5.73 Å². The van der Waals surface area contributed by atoms with E-state index >= 15 is 0 Å². The molecular formula is C25H18N2. The minimum Gasteiger partial charge on any atom is -0.398 e. The molecule has 27 heavy (non-hydrogen) atoms. The second kappa shape index (κ2) is 6.26. The lowest BCUT2D eigenvalue weighted by Crippen LogP contribution is -1.97. The van der Waals surface area contributed by atoms with E-state index in [0.29, 0.717) is 0 Å². The Morgan fingerprint density at radius 2 is 1.22 bits per heavy atom. The Morgan fingerprint density at radius 1 is 0.593 bits per heavy atom. The van der Waals surface area contributed by atoms with Crippen molar-refractivity contribution in [3.05, 3.63) is 97.1 Å². The van der Waals surface area contributed by atoms with Crippen LogP contribution in [0.5, 0.6) is 0 Å². The summed E-state index contributed by atoms with van der Waals surface area (Å²) in [6.07, 6.45) is 0. The Labute approximate surface area is 157 Å². The fraction of sp³-hybridized carbons (Fsp3) is 0. The van der Waals surface area contributed by atoms with Crippen LogP contribution in [0.1, 0.15) is 0 Å². The van der Waals surface area contributed by atoms with Gasteiger partial charge < -0.3 is 5.73 Å². The molecule has 0 atom stereocenters. The number of nitrogens with two attached hydrogens (primary N) is 1. The predicted octanol–water partition coefficient (Wildman–Crippen LogP) is 6.30. The van der Waals surface area contributed by atoms with E-state index in [4.69, 9.17) is 10.7 Å². The van der Waals surface area contributed by atoms with Gasteiger partial charge in [-0.2, -0.15) is 0 Å². The van der Waals surface area contributed by atoms with Crippen LogP contribution in [-0.2, 0) is 0 Å². The lowest BCUT2D eigenvalue weighted by atomic mass is 9.92. The quantitative estimate of drug-likeness (QED) is 0.301. The average Bonchev–Trinajstić information content (AvgIpc) is 2.73. The average molecular weight is 346 g/mol. The van der Waals surface area contributed by atoms with Crippen LogP contribution >= 0.6 is 0 Å². The van der Waals surface area contributed by atoms with Crippen molar-refractivity contribution in [2.24, 2.45) is 0 Å². The second-order valence-electron chi connectivity index (χ2n) is 6.69. The number of anilines is 1. The number of nitrogens with zero attached hydrogens (tertiary/aromatic N) is 1. The number of para-hydroxylation sites is 1. The van der Waals surface area contributed by atoms with Gasteiger partial charge in [0, 0.05) is 27.6 Å². The third-order valence-electron chi connectivity index (χ3n) is 5.01. The van der Waals surface area contributed by atoms with Crippen molar-refractivity contribution >= 4 is 27.5 Å². The van der Waals surface area contributed by atoms with E-state index in [9.17, 15) is 0 Å². The monoisotopic (exact) mass is 346 g/mol. The van der Waals surface area contributed by atoms with Gasteiger partial charge in [0.1, 0.15) is 0 Å². The summed E-state index contributed by atoms with van der Waals surface area (Å²) in [6.45, 7) is 0. The fourth-order valence-electron chi connectivity index (χ4n) is 3.71. The number of benzene rings is 4. The largest absolute Gasteiger partial charge is 0.398 e. The Balaban J connectivity index is 1.93. The molecule has 0 bridgehead atoms. The van der Waals surface area contributed by atoms with E-state index in [1.165, 1.54) is 0 Å². The fourth-order valence-corrected chi connectivity index (χ4v) is 3.71. The van der Waals surface area contributed by atoms with Gasteiger partial charge in [0.15, 0.2) is 0 Å². The first kappa shape index (κ1) is 15.6. The van der Waals surface area contributed by atoms with Crippen LogP contribution in [0.15, 0.2) is 97.1 Å². The molecule has 0 saturated heterocycles. The normalized spacial score (nSPS) is 11.1. The second-order valence-corrected chi connectivity index (χ2v) is 6.69. The van der Waals surface area contributed by atoms with Gasteiger partial charge in [-0.3, -0.25) is 0 Å². The molecule has 0 aliphatic heterocycles. The number of rotatable bonds is 2. The minimum atomic E-state index is 0.789. The first-order valence-electron chi connectivity index (χ1n) is 9.04. The number of aromatic nitrogens is 1. The molecule has 2 N–H and O–H groups in total. The Morgan fingerprint density at radius 3 is 1.96 bits per heavy atom. The zero-order valence-corrected chi connectivity index (χ0v) is 14.8. The molecule has 0 amide bonds. The molecule has 5 aromatic rings. The maximum Gasteiger partial charge on any atom is 0.0723 e. The maximum atomic E-state index is 6.73. The number of hydrogen-bond donors (Lipinski definition) is 1. The number of hydrogen-bond acceptors (Lipinski definition) is 2. The van der Waals surface area contributed by atoms with Crippen molar-refractivity contribution < 1.29 is 0 Å². The van der Waals surface area contributed by atoms with Crippen LogP contribution in [0, 0.1) is 0 Å².